The lowest BCUT2D eigenvalue weighted by atomic mass is 9.97. The summed E-state index contributed by atoms with van der Waals surface area (Å²) in [5, 5.41) is 0. The molecule has 1 rings (SSSR count). The monoisotopic (exact) mass is 257 g/mol. The van der Waals surface area contributed by atoms with Gasteiger partial charge in [0, 0.05) is 32.7 Å². The number of carbonyl (C=O) groups excluding carboxylic acids is 1. The Bertz CT molecular complexity index is 233. The molecule has 0 radical (unpaired) electrons. The Labute approximate surface area is 111 Å². The fraction of sp³-hybridized carbons (Fsp3) is 0.929. The number of nitrogens with zero attached hydrogens (tertiary/aromatic N) is 1. The molecule has 4 nitrogen and oxygen atoms in total. The molecule has 18 heavy (non-hydrogen) atoms. The number of Topliss-reactive ketones (excluding diaryl/α,β-unsaturated/α-hetero) is 1. The predicted molar refractivity (Wildman–Crippen MR) is 71.8 cm³/mol. The Kier molecular flexibility index (Phi) is 8.22. The van der Waals surface area contributed by atoms with Gasteiger partial charge in [-0.2, -0.15) is 0 Å². The van der Waals surface area contributed by atoms with Crippen LogP contribution in [-0.2, 0) is 14.3 Å². The van der Waals surface area contributed by atoms with Crippen LogP contribution in [0.2, 0.25) is 0 Å². The van der Waals surface area contributed by atoms with E-state index in [0.717, 1.165) is 26.1 Å². The van der Waals surface area contributed by atoms with Crippen LogP contribution in [0.1, 0.15) is 39.0 Å². The highest BCUT2D eigenvalue weighted by atomic mass is 16.5. The molecule has 1 aliphatic heterocycles. The summed E-state index contributed by atoms with van der Waals surface area (Å²) in [4.78, 5) is 13.7. The van der Waals surface area contributed by atoms with Crippen molar-refractivity contribution in [2.75, 3.05) is 40.0 Å². The van der Waals surface area contributed by atoms with Crippen LogP contribution in [0.3, 0.4) is 0 Å². The second-order valence-corrected chi connectivity index (χ2v) is 5.05. The topological polar surface area (TPSA) is 38.8 Å². The van der Waals surface area contributed by atoms with Crippen LogP contribution in [0, 0.1) is 0 Å². The molecule has 1 fully saturated rings. The minimum Gasteiger partial charge on any atom is -0.382 e. The van der Waals surface area contributed by atoms with E-state index in [2.05, 4.69) is 4.90 Å². The van der Waals surface area contributed by atoms with Gasteiger partial charge in [-0.1, -0.05) is 6.42 Å². The molecule has 1 unspecified atom stereocenters. The number of rotatable bonds is 9. The van der Waals surface area contributed by atoms with Crippen LogP contribution >= 0.6 is 0 Å². The van der Waals surface area contributed by atoms with Gasteiger partial charge in [0.15, 0.2) is 0 Å². The average molecular weight is 257 g/mol. The first-order valence-corrected chi connectivity index (χ1v) is 7.04. The second kappa shape index (κ2) is 9.48. The Morgan fingerprint density at radius 3 is 2.83 bits per heavy atom. The van der Waals surface area contributed by atoms with Crippen molar-refractivity contribution in [3.63, 3.8) is 0 Å². The van der Waals surface area contributed by atoms with Gasteiger partial charge in [-0.25, -0.2) is 0 Å². The number of carbonyl (C=O) groups is 1. The fourth-order valence-corrected chi connectivity index (χ4v) is 2.53. The molecule has 0 amide bonds. The van der Waals surface area contributed by atoms with Crippen LogP contribution in [-0.4, -0.2) is 56.7 Å². The second-order valence-electron chi connectivity index (χ2n) is 5.05. The van der Waals surface area contributed by atoms with Crippen molar-refractivity contribution in [2.45, 2.75) is 45.1 Å². The number of hydrogen-bond acceptors (Lipinski definition) is 4. The minimum absolute atomic E-state index is 0.309. The normalized spacial score (nSPS) is 21.1. The molecule has 4 heteroatoms. The third-order valence-corrected chi connectivity index (χ3v) is 3.44. The molecule has 1 atom stereocenters. The molecule has 0 aromatic rings. The maximum absolute atomic E-state index is 11.2. The lowest BCUT2D eigenvalue weighted by molar-refractivity contribution is -0.118. The third kappa shape index (κ3) is 6.47. The van der Waals surface area contributed by atoms with Crippen molar-refractivity contribution in [1.29, 1.82) is 0 Å². The van der Waals surface area contributed by atoms with E-state index < -0.39 is 0 Å². The molecule has 106 valence electrons. The number of hydrogen-bond donors (Lipinski definition) is 0. The zero-order valence-electron chi connectivity index (χ0n) is 11.8. The fourth-order valence-electron chi connectivity index (χ4n) is 2.53. The summed E-state index contributed by atoms with van der Waals surface area (Å²) >= 11 is 0. The van der Waals surface area contributed by atoms with Crippen LogP contribution in [0.15, 0.2) is 0 Å². The molecule has 1 heterocycles. The summed E-state index contributed by atoms with van der Waals surface area (Å²) < 4.78 is 10.4. The van der Waals surface area contributed by atoms with Crippen molar-refractivity contribution >= 4 is 5.78 Å². The van der Waals surface area contributed by atoms with Crippen molar-refractivity contribution in [1.82, 2.24) is 4.90 Å². The van der Waals surface area contributed by atoms with Gasteiger partial charge in [-0.15, -0.1) is 0 Å². The summed E-state index contributed by atoms with van der Waals surface area (Å²) in [6.45, 7) is 6.00. The van der Waals surface area contributed by atoms with Gasteiger partial charge in [0.2, 0.25) is 0 Å². The molecule has 0 bridgehead atoms. The molecule has 1 saturated heterocycles. The van der Waals surface area contributed by atoms with E-state index in [9.17, 15) is 4.79 Å². The standard InChI is InChI=1S/C14H27NO3/c1-13(16)12-14-6-3-4-7-15(14)8-5-9-18-11-10-17-2/h14H,3-12H2,1-2H3. The number of ether oxygens (including phenoxy) is 2. The van der Waals surface area contributed by atoms with Gasteiger partial charge in [-0.3, -0.25) is 9.69 Å². The van der Waals surface area contributed by atoms with E-state index in [1.807, 2.05) is 0 Å². The lowest BCUT2D eigenvalue weighted by Gasteiger charge is -2.35. The van der Waals surface area contributed by atoms with Gasteiger partial charge in [0.05, 0.1) is 13.2 Å². The highest BCUT2D eigenvalue weighted by Gasteiger charge is 2.22. The quantitative estimate of drug-likeness (QED) is 0.591. The zero-order chi connectivity index (χ0) is 13.2. The summed E-state index contributed by atoms with van der Waals surface area (Å²) in [7, 11) is 1.68. The number of methoxy groups -OCH3 is 1. The molecule has 0 aromatic carbocycles. The van der Waals surface area contributed by atoms with E-state index in [1.165, 1.54) is 19.3 Å². The summed E-state index contributed by atoms with van der Waals surface area (Å²) in [5.41, 5.74) is 0. The maximum atomic E-state index is 11.2. The first-order valence-electron chi connectivity index (χ1n) is 7.04. The van der Waals surface area contributed by atoms with Crippen molar-refractivity contribution in [3.05, 3.63) is 0 Å². The Balaban J connectivity index is 2.15. The van der Waals surface area contributed by atoms with Crippen LogP contribution < -0.4 is 0 Å². The number of piperidine rings is 1. The summed E-state index contributed by atoms with van der Waals surface area (Å²) in [6.07, 6.45) is 5.45. The van der Waals surface area contributed by atoms with Gasteiger partial charge >= 0.3 is 0 Å². The van der Waals surface area contributed by atoms with Gasteiger partial charge in [0.1, 0.15) is 5.78 Å². The van der Waals surface area contributed by atoms with Crippen molar-refractivity contribution in [2.24, 2.45) is 0 Å². The Morgan fingerprint density at radius 2 is 2.11 bits per heavy atom. The third-order valence-electron chi connectivity index (χ3n) is 3.44. The highest BCUT2D eigenvalue weighted by molar-refractivity contribution is 5.76. The SMILES string of the molecule is COCCOCCCN1CCCCC1CC(C)=O. The van der Waals surface area contributed by atoms with Crippen LogP contribution in [0.4, 0.5) is 0 Å². The van der Waals surface area contributed by atoms with E-state index in [-0.39, 0.29) is 0 Å². The summed E-state index contributed by atoms with van der Waals surface area (Å²) in [5.74, 6) is 0.309. The smallest absolute Gasteiger partial charge is 0.131 e. The molecule has 0 aromatic heterocycles. The zero-order valence-corrected chi connectivity index (χ0v) is 11.8. The first-order chi connectivity index (χ1) is 8.74. The maximum Gasteiger partial charge on any atom is 0.131 e. The molecule has 0 saturated carbocycles. The Morgan fingerprint density at radius 1 is 1.28 bits per heavy atom. The summed E-state index contributed by atoms with van der Waals surface area (Å²) in [6, 6.07) is 0.468. The van der Waals surface area contributed by atoms with E-state index in [0.29, 0.717) is 31.5 Å². The van der Waals surface area contributed by atoms with Gasteiger partial charge in [0.25, 0.3) is 0 Å². The molecule has 1 aliphatic rings. The largest absolute Gasteiger partial charge is 0.382 e. The number of ketones is 1. The molecule has 0 aliphatic carbocycles. The van der Waals surface area contributed by atoms with E-state index in [4.69, 9.17) is 9.47 Å². The van der Waals surface area contributed by atoms with Gasteiger partial charge < -0.3 is 9.47 Å². The highest BCUT2D eigenvalue weighted by Crippen LogP contribution is 2.19. The Hall–Kier alpha value is -0.450. The average Bonchev–Trinajstić information content (AvgIpc) is 2.35. The minimum atomic E-state index is 0.309. The molecular formula is C14H27NO3. The van der Waals surface area contributed by atoms with Crippen molar-refractivity contribution in [3.8, 4) is 0 Å². The van der Waals surface area contributed by atoms with E-state index in [1.54, 1.807) is 14.0 Å². The van der Waals surface area contributed by atoms with Gasteiger partial charge in [-0.05, 0) is 32.7 Å². The van der Waals surface area contributed by atoms with Crippen molar-refractivity contribution < 1.29 is 14.3 Å². The first kappa shape index (κ1) is 15.6. The number of likely N-dealkylation sites (tertiary alicyclic amines) is 1. The molecular weight excluding hydrogens is 230 g/mol. The van der Waals surface area contributed by atoms with Crippen LogP contribution in [0.25, 0.3) is 0 Å². The van der Waals surface area contributed by atoms with Crippen LogP contribution in [0.5, 0.6) is 0 Å². The lowest BCUT2D eigenvalue weighted by Crippen LogP contribution is -2.41. The predicted octanol–water partition coefficient (Wildman–Crippen LogP) is 1.87. The van der Waals surface area contributed by atoms with E-state index >= 15 is 0 Å². The molecule has 0 N–H and O–H groups in total. The molecule has 0 spiro atoms.